The molecule has 5 heavy (non-hydrogen) atoms. The van der Waals surface area contributed by atoms with Crippen LogP contribution < -0.4 is 0 Å². The molecule has 0 rings (SSSR count). The summed E-state index contributed by atoms with van der Waals surface area (Å²) in [5, 5.41) is 7.46. The molecule has 0 aromatic heterocycles. The second-order valence-corrected chi connectivity index (χ2v) is 0.265. The average molecular weight is 143 g/mol. The summed E-state index contributed by atoms with van der Waals surface area (Å²) >= 11 is 0. The molecule has 0 fully saturated rings. The van der Waals surface area contributed by atoms with Crippen LogP contribution >= 0.6 is 0 Å². The molecule has 0 aliphatic rings. The molecule has 2 nitrogen and oxygen atoms in total. The van der Waals surface area contributed by atoms with E-state index in [-0.39, 0.29) is 32.7 Å². The Kier molecular flexibility index (Phi) is 16.0. The van der Waals surface area contributed by atoms with Crippen molar-refractivity contribution >= 4 is 13.1 Å². The minimum absolute atomic E-state index is 0. The molecule has 0 saturated carbocycles. The van der Waals surface area contributed by atoms with Gasteiger partial charge in [0, 0.05) is 32.7 Å². The largest absolute Gasteiger partial charge is 0.650 e. The van der Waals surface area contributed by atoms with E-state index in [1.165, 1.54) is 0 Å². The van der Waals surface area contributed by atoms with E-state index in [9.17, 15) is 0 Å². The fourth-order valence-electron chi connectivity index (χ4n) is 0. The molecule has 0 aromatic carbocycles. The maximum absolute atomic E-state index is 7.46. The minimum Gasteiger partial charge on any atom is -0.650 e. The Morgan fingerprint density at radius 1 is 1.80 bits per heavy atom. The first-order chi connectivity index (χ1) is 1.91. The molecule has 25 valence electrons. The Bertz CT molecular complexity index is 28.6. The topological polar surface area (TPSA) is 34.7 Å². The molecule has 0 spiro atoms. The third-order valence-electron chi connectivity index (χ3n) is 0.0667. The zero-order chi connectivity index (χ0) is 3.41. The van der Waals surface area contributed by atoms with Crippen molar-refractivity contribution in [1.82, 2.24) is 0 Å². The normalized spacial score (nSPS) is 4.00. The van der Waals surface area contributed by atoms with Crippen LogP contribution in [0.25, 0.3) is 5.41 Å². The van der Waals surface area contributed by atoms with Crippen LogP contribution in [0, 0.1) is 0 Å². The Morgan fingerprint density at radius 3 is 2.00 bits per heavy atom. The maximum Gasteiger partial charge on any atom is 0 e. The second kappa shape index (κ2) is 8.82. The minimum atomic E-state index is 0. The van der Waals surface area contributed by atoms with Gasteiger partial charge in [0.05, 0.1) is 0 Å². The van der Waals surface area contributed by atoms with Crippen LogP contribution in [-0.4, -0.2) is 13.1 Å². The van der Waals surface area contributed by atoms with E-state index in [1.54, 1.807) is 0 Å². The zero-order valence-electron chi connectivity index (χ0n) is 2.63. The molecule has 0 heterocycles. The third kappa shape index (κ3) is 12.7. The van der Waals surface area contributed by atoms with Crippen molar-refractivity contribution < 1.29 is 32.7 Å². The molecule has 0 saturated heterocycles. The van der Waals surface area contributed by atoms with Gasteiger partial charge in [-0.3, -0.25) is 6.34 Å². The number of nitrogens with zero attached hydrogens (tertiary/aromatic N) is 2. The van der Waals surface area contributed by atoms with E-state index in [4.69, 9.17) is 5.41 Å². The van der Waals surface area contributed by atoms with Crippen LogP contribution in [0.4, 0.5) is 0 Å². The van der Waals surface area contributed by atoms with Crippen molar-refractivity contribution in [3.05, 3.63) is 5.41 Å². The van der Waals surface area contributed by atoms with Crippen LogP contribution in [0.1, 0.15) is 0 Å². The summed E-state index contributed by atoms with van der Waals surface area (Å²) in [5.74, 6) is 0. The van der Waals surface area contributed by atoms with Crippen LogP contribution in [0.5, 0.6) is 0 Å². The zero-order valence-corrected chi connectivity index (χ0v) is 5.46. The molecule has 0 bridgehead atoms. The third-order valence-corrected chi connectivity index (χ3v) is 0.0667. The first-order valence-electron chi connectivity index (χ1n) is 0.775. The Morgan fingerprint density at radius 2 is 2.00 bits per heavy atom. The predicted octanol–water partition coefficient (Wildman–Crippen LogP) is 0.159. The van der Waals surface area contributed by atoms with E-state index >= 15 is 0 Å². The van der Waals surface area contributed by atoms with Gasteiger partial charge < -0.3 is 17.1 Å². The van der Waals surface area contributed by atoms with Crippen molar-refractivity contribution in [3.8, 4) is 0 Å². The molecule has 0 atom stereocenters. The van der Waals surface area contributed by atoms with Crippen LogP contribution in [0.15, 0.2) is 4.99 Å². The number of hydrogen-bond acceptors (Lipinski definition) is 0. The van der Waals surface area contributed by atoms with E-state index in [1.807, 2.05) is 0 Å². The van der Waals surface area contributed by atoms with Gasteiger partial charge in [-0.2, -0.15) is 0 Å². The average Bonchev–Trinajstić information content (AvgIpc) is 1.37. The molecular formula is C2H2N2Y-2. The van der Waals surface area contributed by atoms with Gasteiger partial charge in [0.2, 0.25) is 0 Å². The molecular weight excluding hydrogens is 141 g/mol. The van der Waals surface area contributed by atoms with Gasteiger partial charge in [0.15, 0.2) is 0 Å². The number of rotatable bonds is 1. The molecule has 0 aliphatic heterocycles. The number of hydrogen-bond donors (Lipinski definition) is 0. The molecule has 0 N–H and O–H groups in total. The van der Waals surface area contributed by atoms with Crippen LogP contribution in [-0.2, 0) is 32.7 Å². The molecule has 0 amide bonds. The summed E-state index contributed by atoms with van der Waals surface area (Å²) in [6.07, 6.45) is 0.528. The van der Waals surface area contributed by atoms with Crippen molar-refractivity contribution in [2.24, 2.45) is 4.99 Å². The summed E-state index contributed by atoms with van der Waals surface area (Å²) in [6, 6.07) is 0. The molecule has 3 heteroatoms. The first-order valence-corrected chi connectivity index (χ1v) is 0.775. The summed E-state index contributed by atoms with van der Waals surface area (Å²) in [6.45, 7) is 4.35. The Labute approximate surface area is 56.1 Å². The van der Waals surface area contributed by atoms with Crippen molar-refractivity contribution in [1.29, 1.82) is 0 Å². The molecule has 1 radical (unpaired) electrons. The van der Waals surface area contributed by atoms with E-state index < -0.39 is 0 Å². The van der Waals surface area contributed by atoms with Gasteiger partial charge in [-0.05, 0) is 0 Å². The van der Waals surface area contributed by atoms with Crippen LogP contribution in [0.2, 0.25) is 0 Å². The van der Waals surface area contributed by atoms with Crippen molar-refractivity contribution in [2.45, 2.75) is 0 Å². The van der Waals surface area contributed by atoms with E-state index in [2.05, 4.69) is 11.7 Å². The van der Waals surface area contributed by atoms with Gasteiger partial charge in [-0.15, -0.1) is 0 Å². The van der Waals surface area contributed by atoms with Gasteiger partial charge >= 0.3 is 0 Å². The van der Waals surface area contributed by atoms with Gasteiger partial charge in [-0.1, -0.05) is 0 Å². The van der Waals surface area contributed by atoms with Crippen molar-refractivity contribution in [2.75, 3.05) is 0 Å². The van der Waals surface area contributed by atoms with E-state index in [0.29, 0.717) is 6.34 Å². The predicted molar refractivity (Wildman–Crippen MR) is 17.9 cm³/mol. The maximum atomic E-state index is 7.46. The fraction of sp³-hybridized carbons (Fsp3) is 0. The molecule has 0 aromatic rings. The van der Waals surface area contributed by atoms with Crippen molar-refractivity contribution in [3.63, 3.8) is 0 Å². The van der Waals surface area contributed by atoms with Crippen LogP contribution in [0.3, 0.4) is 0 Å². The SMILES string of the molecule is [CH-]=NC=[N-].[Y]. The quantitative estimate of drug-likeness (QED) is 0.284. The van der Waals surface area contributed by atoms with Gasteiger partial charge in [0.25, 0.3) is 0 Å². The summed E-state index contributed by atoms with van der Waals surface area (Å²) in [4.78, 5) is 2.67. The smallest absolute Gasteiger partial charge is 0 e. The fourth-order valence-corrected chi connectivity index (χ4v) is 0. The second-order valence-electron chi connectivity index (χ2n) is 0.265. The summed E-state index contributed by atoms with van der Waals surface area (Å²) in [7, 11) is 0. The molecule has 0 aliphatic carbocycles. The standard InChI is InChI=1S/C2H2N2.Y/c1-4-2-3;/h1-2H;/q-2;. The van der Waals surface area contributed by atoms with Gasteiger partial charge in [-0.25, -0.2) is 0 Å². The summed E-state index contributed by atoms with van der Waals surface area (Å²) < 4.78 is 0. The molecule has 0 unspecified atom stereocenters. The monoisotopic (exact) mass is 143 g/mol. The van der Waals surface area contributed by atoms with E-state index in [0.717, 1.165) is 0 Å². The first kappa shape index (κ1) is 9.06. The number of aliphatic imine (C=N–C) groups is 1. The Balaban J connectivity index is 0. The summed E-state index contributed by atoms with van der Waals surface area (Å²) in [5.41, 5.74) is 0. The Hall–Kier alpha value is 0.444. The van der Waals surface area contributed by atoms with Gasteiger partial charge in [0.1, 0.15) is 0 Å².